The lowest BCUT2D eigenvalue weighted by Gasteiger charge is -2.21. The molecule has 0 aromatic carbocycles. The van der Waals surface area contributed by atoms with Gasteiger partial charge in [0.2, 0.25) is 0 Å². The Morgan fingerprint density at radius 1 is 1.17 bits per heavy atom. The molecule has 0 amide bonds. The number of carboxylic acid groups (broad SMARTS) is 1. The summed E-state index contributed by atoms with van der Waals surface area (Å²) in [5.41, 5.74) is 2.51. The Morgan fingerprint density at radius 2 is 2.04 bits per heavy atom. The molecule has 2 aromatic heterocycles. The average Bonchev–Trinajstić information content (AvgIpc) is 2.90. The number of carbonyl (C=O) groups is 1. The summed E-state index contributed by atoms with van der Waals surface area (Å²) in [4.78, 5) is 26.2. The van der Waals surface area contributed by atoms with Crippen molar-refractivity contribution in [1.82, 2.24) is 20.3 Å². The first-order valence-corrected chi connectivity index (χ1v) is 8.16. The normalized spacial score (nSPS) is 15.1. The SMILES string of the molecule is O=C(O)CCc1cncc(-c2cncc(N3CCCNCC3)n2)c1. The number of hydrogen-bond donors (Lipinski definition) is 2. The van der Waals surface area contributed by atoms with Crippen LogP contribution in [0.15, 0.2) is 30.9 Å². The van der Waals surface area contributed by atoms with E-state index in [1.165, 1.54) is 0 Å². The summed E-state index contributed by atoms with van der Waals surface area (Å²) in [7, 11) is 0. The van der Waals surface area contributed by atoms with Gasteiger partial charge in [0.15, 0.2) is 0 Å². The van der Waals surface area contributed by atoms with Gasteiger partial charge in [-0.3, -0.25) is 14.8 Å². The maximum atomic E-state index is 10.7. The van der Waals surface area contributed by atoms with Crippen molar-refractivity contribution in [3.8, 4) is 11.3 Å². The zero-order chi connectivity index (χ0) is 16.8. The van der Waals surface area contributed by atoms with Gasteiger partial charge in [0.1, 0.15) is 5.82 Å². The van der Waals surface area contributed by atoms with Crippen LogP contribution in [-0.2, 0) is 11.2 Å². The summed E-state index contributed by atoms with van der Waals surface area (Å²) >= 11 is 0. The Labute approximate surface area is 140 Å². The van der Waals surface area contributed by atoms with Gasteiger partial charge in [0.25, 0.3) is 0 Å². The van der Waals surface area contributed by atoms with E-state index in [9.17, 15) is 4.79 Å². The summed E-state index contributed by atoms with van der Waals surface area (Å²) in [5.74, 6) is 0.0594. The molecule has 3 heterocycles. The van der Waals surface area contributed by atoms with E-state index in [0.717, 1.165) is 55.2 Å². The lowest BCUT2D eigenvalue weighted by Crippen LogP contribution is -2.28. The molecule has 1 fully saturated rings. The predicted octanol–water partition coefficient (Wildman–Crippen LogP) is 1.36. The highest BCUT2D eigenvalue weighted by atomic mass is 16.4. The fraction of sp³-hybridized carbons (Fsp3) is 0.412. The van der Waals surface area contributed by atoms with Gasteiger partial charge in [-0.1, -0.05) is 0 Å². The quantitative estimate of drug-likeness (QED) is 0.856. The van der Waals surface area contributed by atoms with Gasteiger partial charge < -0.3 is 15.3 Å². The Bertz CT molecular complexity index is 699. The third-order valence-electron chi connectivity index (χ3n) is 4.00. The van der Waals surface area contributed by atoms with E-state index >= 15 is 0 Å². The number of rotatable bonds is 5. The first-order valence-electron chi connectivity index (χ1n) is 8.16. The van der Waals surface area contributed by atoms with Gasteiger partial charge in [0, 0.05) is 44.0 Å². The molecular weight excluding hydrogens is 306 g/mol. The number of aromatic nitrogens is 3. The lowest BCUT2D eigenvalue weighted by molar-refractivity contribution is -0.136. The molecule has 1 saturated heterocycles. The van der Waals surface area contributed by atoms with Crippen LogP contribution in [0.2, 0.25) is 0 Å². The van der Waals surface area contributed by atoms with Crippen LogP contribution in [0.3, 0.4) is 0 Å². The first-order chi connectivity index (χ1) is 11.7. The monoisotopic (exact) mass is 327 g/mol. The Balaban J connectivity index is 1.80. The summed E-state index contributed by atoms with van der Waals surface area (Å²) in [6.07, 6.45) is 8.58. The number of pyridine rings is 1. The van der Waals surface area contributed by atoms with Gasteiger partial charge in [-0.25, -0.2) is 4.98 Å². The summed E-state index contributed by atoms with van der Waals surface area (Å²) in [6, 6.07) is 1.94. The number of carboxylic acids is 1. The number of hydrogen-bond acceptors (Lipinski definition) is 6. The molecule has 0 atom stereocenters. The van der Waals surface area contributed by atoms with Crippen LogP contribution in [0.1, 0.15) is 18.4 Å². The molecule has 2 aromatic rings. The van der Waals surface area contributed by atoms with Gasteiger partial charge in [-0.2, -0.15) is 0 Å². The largest absolute Gasteiger partial charge is 0.481 e. The fourth-order valence-electron chi connectivity index (χ4n) is 2.74. The topological polar surface area (TPSA) is 91.2 Å². The molecule has 1 aliphatic rings. The second-order valence-corrected chi connectivity index (χ2v) is 5.83. The molecule has 0 spiro atoms. The Morgan fingerprint density at radius 3 is 2.92 bits per heavy atom. The van der Waals surface area contributed by atoms with Crippen LogP contribution in [0.4, 0.5) is 5.82 Å². The zero-order valence-corrected chi connectivity index (χ0v) is 13.5. The van der Waals surface area contributed by atoms with Crippen LogP contribution in [0, 0.1) is 0 Å². The van der Waals surface area contributed by atoms with E-state index in [1.54, 1.807) is 24.8 Å². The smallest absolute Gasteiger partial charge is 0.303 e. The highest BCUT2D eigenvalue weighted by Gasteiger charge is 2.12. The second-order valence-electron chi connectivity index (χ2n) is 5.83. The molecular formula is C17H21N5O2. The van der Waals surface area contributed by atoms with E-state index in [1.807, 2.05) is 6.07 Å². The number of anilines is 1. The first kappa shape index (κ1) is 16.3. The number of aliphatic carboxylic acids is 1. The molecule has 2 N–H and O–H groups in total. The number of nitrogens with zero attached hydrogens (tertiary/aromatic N) is 4. The molecule has 7 heteroatoms. The van der Waals surface area contributed by atoms with E-state index in [4.69, 9.17) is 10.1 Å². The molecule has 0 bridgehead atoms. The molecule has 7 nitrogen and oxygen atoms in total. The minimum Gasteiger partial charge on any atom is -0.481 e. The predicted molar refractivity (Wildman–Crippen MR) is 90.9 cm³/mol. The van der Waals surface area contributed by atoms with Crippen molar-refractivity contribution in [2.75, 3.05) is 31.1 Å². The van der Waals surface area contributed by atoms with Gasteiger partial charge >= 0.3 is 5.97 Å². The molecule has 24 heavy (non-hydrogen) atoms. The van der Waals surface area contributed by atoms with Crippen molar-refractivity contribution in [2.24, 2.45) is 0 Å². The van der Waals surface area contributed by atoms with Crippen LogP contribution in [0.25, 0.3) is 11.3 Å². The molecule has 0 unspecified atom stereocenters. The second kappa shape index (κ2) is 7.83. The lowest BCUT2D eigenvalue weighted by atomic mass is 10.1. The molecule has 3 rings (SSSR count). The van der Waals surface area contributed by atoms with E-state index in [2.05, 4.69) is 20.2 Å². The maximum absolute atomic E-state index is 10.7. The standard InChI is InChI=1S/C17H21N5O2/c23-17(24)3-2-13-8-14(10-19-9-13)15-11-20-12-16(21-15)22-6-1-4-18-5-7-22/h8-12,18H,1-7H2,(H,23,24). The average molecular weight is 327 g/mol. The zero-order valence-electron chi connectivity index (χ0n) is 13.5. The van der Waals surface area contributed by atoms with Crippen LogP contribution in [0.5, 0.6) is 0 Å². The fourth-order valence-corrected chi connectivity index (χ4v) is 2.74. The van der Waals surface area contributed by atoms with Crippen LogP contribution in [-0.4, -0.2) is 52.2 Å². The van der Waals surface area contributed by atoms with Crippen molar-refractivity contribution in [3.63, 3.8) is 0 Å². The third kappa shape index (κ3) is 4.26. The van der Waals surface area contributed by atoms with Crippen molar-refractivity contribution in [1.29, 1.82) is 0 Å². The van der Waals surface area contributed by atoms with Gasteiger partial charge in [-0.05, 0) is 31.0 Å². The van der Waals surface area contributed by atoms with Crippen LogP contribution < -0.4 is 10.2 Å². The van der Waals surface area contributed by atoms with Crippen molar-refractivity contribution in [3.05, 3.63) is 36.4 Å². The third-order valence-corrected chi connectivity index (χ3v) is 4.00. The van der Waals surface area contributed by atoms with Crippen LogP contribution >= 0.6 is 0 Å². The molecule has 0 saturated carbocycles. The van der Waals surface area contributed by atoms with E-state index < -0.39 is 5.97 Å². The highest BCUT2D eigenvalue weighted by Crippen LogP contribution is 2.20. The Kier molecular flexibility index (Phi) is 5.32. The minimum absolute atomic E-state index is 0.0949. The maximum Gasteiger partial charge on any atom is 0.303 e. The Hall–Kier alpha value is -2.54. The minimum atomic E-state index is -0.808. The molecule has 0 aliphatic carbocycles. The summed E-state index contributed by atoms with van der Waals surface area (Å²) in [5, 5.41) is 12.2. The molecule has 126 valence electrons. The van der Waals surface area contributed by atoms with E-state index in [-0.39, 0.29) is 6.42 Å². The number of nitrogens with one attached hydrogen (secondary N) is 1. The molecule has 0 radical (unpaired) electrons. The van der Waals surface area contributed by atoms with Gasteiger partial charge in [-0.15, -0.1) is 0 Å². The number of aryl methyl sites for hydroxylation is 1. The summed E-state index contributed by atoms with van der Waals surface area (Å²) in [6.45, 7) is 3.84. The van der Waals surface area contributed by atoms with E-state index in [0.29, 0.717) is 6.42 Å². The van der Waals surface area contributed by atoms with Crippen molar-refractivity contribution in [2.45, 2.75) is 19.3 Å². The highest BCUT2D eigenvalue weighted by molar-refractivity contribution is 5.67. The van der Waals surface area contributed by atoms with Crippen molar-refractivity contribution >= 4 is 11.8 Å². The molecule has 1 aliphatic heterocycles. The van der Waals surface area contributed by atoms with Gasteiger partial charge in [0.05, 0.1) is 18.1 Å². The van der Waals surface area contributed by atoms with Crippen molar-refractivity contribution < 1.29 is 9.90 Å². The summed E-state index contributed by atoms with van der Waals surface area (Å²) < 4.78 is 0.